The maximum atomic E-state index is 8.95. The first-order valence-electron chi connectivity index (χ1n) is 3.58. The topological polar surface area (TPSA) is 59.1 Å². The first-order chi connectivity index (χ1) is 5.56. The van der Waals surface area contributed by atoms with Crippen LogP contribution in [0.1, 0.15) is 12.5 Å². The van der Waals surface area contributed by atoms with Crippen molar-refractivity contribution in [1.29, 1.82) is 0 Å². The van der Waals surface area contributed by atoms with Crippen molar-refractivity contribution in [2.45, 2.75) is 12.5 Å². The number of pyridine rings is 1. The molecule has 0 fully saturated rings. The number of rotatable bonds is 2. The molecule has 0 bridgehead atoms. The molecule has 1 aromatic rings. The Hall–Kier alpha value is -0.640. The molecule has 0 aromatic carbocycles. The van der Waals surface area contributed by atoms with Crippen molar-refractivity contribution in [3.63, 3.8) is 0 Å². The fourth-order valence-electron chi connectivity index (χ4n) is 0.849. The zero-order valence-electron chi connectivity index (χ0n) is 6.79. The molecule has 12 heavy (non-hydrogen) atoms. The fraction of sp³-hybridized carbons (Fsp3) is 0.375. The van der Waals surface area contributed by atoms with Crippen molar-refractivity contribution in [2.24, 2.45) is 5.73 Å². The minimum Gasteiger partial charge on any atom is -0.394 e. The number of halogens is 1. The van der Waals surface area contributed by atoms with Gasteiger partial charge in [0.1, 0.15) is 5.15 Å². The average molecular weight is 187 g/mol. The third kappa shape index (κ3) is 1.94. The molecule has 66 valence electrons. The lowest BCUT2D eigenvalue weighted by atomic mass is 9.96. The van der Waals surface area contributed by atoms with Gasteiger partial charge >= 0.3 is 0 Å². The van der Waals surface area contributed by atoms with E-state index in [1.165, 1.54) is 0 Å². The van der Waals surface area contributed by atoms with Gasteiger partial charge in [0, 0.05) is 6.20 Å². The Bertz CT molecular complexity index is 276. The smallest absolute Gasteiger partial charge is 0.129 e. The second-order valence-corrected chi connectivity index (χ2v) is 3.33. The number of aliphatic hydroxyl groups is 1. The third-order valence-corrected chi connectivity index (χ3v) is 1.92. The van der Waals surface area contributed by atoms with E-state index in [1.807, 2.05) is 0 Å². The number of nitrogens with zero attached hydrogens (tertiary/aromatic N) is 1. The Labute approximate surface area is 76.2 Å². The van der Waals surface area contributed by atoms with Crippen LogP contribution >= 0.6 is 11.6 Å². The van der Waals surface area contributed by atoms with Gasteiger partial charge in [0.2, 0.25) is 0 Å². The number of aromatic nitrogens is 1. The molecule has 1 unspecified atom stereocenters. The van der Waals surface area contributed by atoms with Gasteiger partial charge in [-0.15, -0.1) is 0 Å². The largest absolute Gasteiger partial charge is 0.394 e. The van der Waals surface area contributed by atoms with Gasteiger partial charge in [-0.3, -0.25) is 0 Å². The Balaban J connectivity index is 3.03. The van der Waals surface area contributed by atoms with Gasteiger partial charge in [-0.05, 0) is 24.6 Å². The molecule has 1 rings (SSSR count). The summed E-state index contributed by atoms with van der Waals surface area (Å²) in [5, 5.41) is 9.34. The number of hydrogen-bond acceptors (Lipinski definition) is 3. The van der Waals surface area contributed by atoms with E-state index < -0.39 is 5.54 Å². The van der Waals surface area contributed by atoms with Crippen LogP contribution in [0, 0.1) is 0 Å². The Morgan fingerprint density at radius 1 is 1.75 bits per heavy atom. The van der Waals surface area contributed by atoms with E-state index in [-0.39, 0.29) is 6.61 Å². The monoisotopic (exact) mass is 186 g/mol. The summed E-state index contributed by atoms with van der Waals surface area (Å²) in [7, 11) is 0. The molecular weight excluding hydrogens is 176 g/mol. The van der Waals surface area contributed by atoms with Crippen LogP contribution in [-0.4, -0.2) is 16.7 Å². The van der Waals surface area contributed by atoms with Gasteiger partial charge in [0.15, 0.2) is 0 Å². The summed E-state index contributed by atoms with van der Waals surface area (Å²) in [6, 6.07) is 3.39. The molecule has 0 aliphatic carbocycles. The van der Waals surface area contributed by atoms with Crippen molar-refractivity contribution in [2.75, 3.05) is 6.61 Å². The highest BCUT2D eigenvalue weighted by Crippen LogP contribution is 2.18. The lowest BCUT2D eigenvalue weighted by Gasteiger charge is -2.21. The molecule has 3 N–H and O–H groups in total. The van der Waals surface area contributed by atoms with E-state index in [0.717, 1.165) is 5.56 Å². The molecule has 4 heteroatoms. The molecule has 1 heterocycles. The Morgan fingerprint density at radius 3 is 2.92 bits per heavy atom. The molecule has 1 atom stereocenters. The molecule has 0 radical (unpaired) electrons. The lowest BCUT2D eigenvalue weighted by molar-refractivity contribution is 0.210. The van der Waals surface area contributed by atoms with Gasteiger partial charge in [-0.1, -0.05) is 11.6 Å². The van der Waals surface area contributed by atoms with Gasteiger partial charge in [0.25, 0.3) is 0 Å². The van der Waals surface area contributed by atoms with Gasteiger partial charge in [-0.2, -0.15) is 0 Å². The molecule has 0 spiro atoms. The summed E-state index contributed by atoms with van der Waals surface area (Å²) in [4.78, 5) is 3.82. The van der Waals surface area contributed by atoms with Gasteiger partial charge in [-0.25, -0.2) is 4.98 Å². The molecule has 0 aliphatic rings. The third-order valence-electron chi connectivity index (χ3n) is 1.71. The normalized spacial score (nSPS) is 15.7. The summed E-state index contributed by atoms with van der Waals surface area (Å²) in [5.74, 6) is 0. The van der Waals surface area contributed by atoms with Crippen LogP contribution in [0.3, 0.4) is 0 Å². The minimum atomic E-state index is -0.743. The average Bonchev–Trinajstić information content (AvgIpc) is 2.05. The standard InChI is InChI=1S/C8H11ClN2O/c1-8(10,5-12)6-2-3-11-7(9)4-6/h2-4,12H,5,10H2,1H3. The van der Waals surface area contributed by atoms with E-state index in [0.29, 0.717) is 5.15 Å². The van der Waals surface area contributed by atoms with Crippen LogP contribution in [-0.2, 0) is 5.54 Å². The summed E-state index contributed by atoms with van der Waals surface area (Å²) in [6.07, 6.45) is 1.57. The van der Waals surface area contributed by atoms with E-state index in [4.69, 9.17) is 22.4 Å². The zero-order valence-corrected chi connectivity index (χ0v) is 7.54. The predicted octanol–water partition coefficient (Wildman–Crippen LogP) is 0.901. The molecule has 3 nitrogen and oxygen atoms in total. The van der Waals surface area contributed by atoms with E-state index in [1.54, 1.807) is 25.3 Å². The first-order valence-corrected chi connectivity index (χ1v) is 3.96. The predicted molar refractivity (Wildman–Crippen MR) is 47.9 cm³/mol. The molecule has 1 aromatic heterocycles. The highest BCUT2D eigenvalue weighted by molar-refractivity contribution is 6.29. The molecule has 0 amide bonds. The van der Waals surface area contributed by atoms with Crippen LogP contribution in [0.4, 0.5) is 0 Å². The molecule has 0 saturated heterocycles. The van der Waals surface area contributed by atoms with Crippen molar-refractivity contribution < 1.29 is 5.11 Å². The molecular formula is C8H11ClN2O. The van der Waals surface area contributed by atoms with Crippen LogP contribution < -0.4 is 5.73 Å². The van der Waals surface area contributed by atoms with Gasteiger partial charge in [0.05, 0.1) is 12.1 Å². The Morgan fingerprint density at radius 2 is 2.42 bits per heavy atom. The minimum absolute atomic E-state index is 0.118. The second-order valence-electron chi connectivity index (χ2n) is 2.94. The van der Waals surface area contributed by atoms with Crippen LogP contribution in [0.25, 0.3) is 0 Å². The second kappa shape index (κ2) is 3.39. The van der Waals surface area contributed by atoms with Crippen LogP contribution in [0.2, 0.25) is 5.15 Å². The van der Waals surface area contributed by atoms with Crippen molar-refractivity contribution in [1.82, 2.24) is 4.98 Å². The Kier molecular flexibility index (Phi) is 2.67. The first kappa shape index (κ1) is 9.45. The zero-order chi connectivity index (χ0) is 9.19. The van der Waals surface area contributed by atoms with Crippen molar-refractivity contribution >= 4 is 11.6 Å². The highest BCUT2D eigenvalue weighted by Gasteiger charge is 2.19. The maximum Gasteiger partial charge on any atom is 0.129 e. The summed E-state index contributed by atoms with van der Waals surface area (Å²) in [5.41, 5.74) is 5.81. The van der Waals surface area contributed by atoms with E-state index in [2.05, 4.69) is 4.98 Å². The van der Waals surface area contributed by atoms with Crippen LogP contribution in [0.5, 0.6) is 0 Å². The lowest BCUT2D eigenvalue weighted by Crippen LogP contribution is -2.36. The molecule has 0 saturated carbocycles. The van der Waals surface area contributed by atoms with Crippen molar-refractivity contribution in [3.05, 3.63) is 29.0 Å². The van der Waals surface area contributed by atoms with Gasteiger partial charge < -0.3 is 10.8 Å². The number of aliphatic hydroxyl groups excluding tert-OH is 1. The highest BCUT2D eigenvalue weighted by atomic mass is 35.5. The maximum absolute atomic E-state index is 8.95. The SMILES string of the molecule is CC(N)(CO)c1ccnc(Cl)c1. The van der Waals surface area contributed by atoms with E-state index in [9.17, 15) is 0 Å². The fourth-order valence-corrected chi connectivity index (χ4v) is 1.02. The summed E-state index contributed by atoms with van der Waals surface area (Å²) in [6.45, 7) is 1.62. The van der Waals surface area contributed by atoms with Crippen molar-refractivity contribution in [3.8, 4) is 0 Å². The summed E-state index contributed by atoms with van der Waals surface area (Å²) < 4.78 is 0. The molecule has 0 aliphatic heterocycles. The quantitative estimate of drug-likeness (QED) is 0.675. The summed E-state index contributed by atoms with van der Waals surface area (Å²) >= 11 is 5.66. The van der Waals surface area contributed by atoms with E-state index >= 15 is 0 Å². The van der Waals surface area contributed by atoms with Crippen LogP contribution in [0.15, 0.2) is 18.3 Å². The number of hydrogen-bond donors (Lipinski definition) is 2. The number of nitrogens with two attached hydrogens (primary N) is 1.